The topological polar surface area (TPSA) is 29.5 Å². The first-order valence-corrected chi connectivity index (χ1v) is 5.54. The van der Waals surface area contributed by atoms with Crippen LogP contribution in [0.25, 0.3) is 0 Å². The van der Waals surface area contributed by atoms with Crippen LogP contribution >= 0.6 is 0 Å². The summed E-state index contributed by atoms with van der Waals surface area (Å²) in [6, 6.07) is 0.289. The van der Waals surface area contributed by atoms with Crippen molar-refractivity contribution in [2.75, 3.05) is 6.54 Å². The standard InChI is InChI=1S/C12H21NO2/c1-5-7-10-8-6-9-13(10)11(14)15-12(2,3)4/h5,10H,1,6-9H2,2-4H3/t10-/m1/s1. The first kappa shape index (κ1) is 12.1. The van der Waals surface area contributed by atoms with Gasteiger partial charge in [-0.3, -0.25) is 0 Å². The molecular formula is C12H21NO2. The minimum atomic E-state index is -0.404. The van der Waals surface area contributed by atoms with Crippen LogP contribution in [-0.4, -0.2) is 29.2 Å². The van der Waals surface area contributed by atoms with E-state index in [2.05, 4.69) is 6.58 Å². The van der Waals surface area contributed by atoms with Crippen LogP contribution in [0.4, 0.5) is 4.79 Å². The van der Waals surface area contributed by atoms with Crippen LogP contribution < -0.4 is 0 Å². The van der Waals surface area contributed by atoms with Crippen LogP contribution in [0.2, 0.25) is 0 Å². The number of hydrogen-bond donors (Lipinski definition) is 0. The summed E-state index contributed by atoms with van der Waals surface area (Å²) in [5.74, 6) is 0. The van der Waals surface area contributed by atoms with Gasteiger partial charge in [0, 0.05) is 12.6 Å². The smallest absolute Gasteiger partial charge is 0.410 e. The zero-order chi connectivity index (χ0) is 11.5. The average Bonchev–Trinajstić information content (AvgIpc) is 2.49. The number of rotatable bonds is 2. The third-order valence-electron chi connectivity index (χ3n) is 2.44. The normalized spacial score (nSPS) is 21.5. The number of carbonyl (C=O) groups is 1. The number of ether oxygens (including phenoxy) is 1. The largest absolute Gasteiger partial charge is 0.444 e. The van der Waals surface area contributed by atoms with Gasteiger partial charge in [-0.1, -0.05) is 6.08 Å². The Balaban J connectivity index is 2.54. The molecule has 0 aliphatic carbocycles. The highest BCUT2D eigenvalue weighted by Crippen LogP contribution is 2.22. The molecule has 3 nitrogen and oxygen atoms in total. The van der Waals surface area contributed by atoms with Gasteiger partial charge in [0.2, 0.25) is 0 Å². The highest BCUT2D eigenvalue weighted by molar-refractivity contribution is 5.68. The third-order valence-corrected chi connectivity index (χ3v) is 2.44. The monoisotopic (exact) mass is 211 g/mol. The molecule has 1 aliphatic heterocycles. The molecule has 1 fully saturated rings. The number of amides is 1. The molecule has 0 aromatic rings. The summed E-state index contributed by atoms with van der Waals surface area (Å²) >= 11 is 0. The van der Waals surface area contributed by atoms with E-state index in [1.54, 1.807) is 0 Å². The maximum absolute atomic E-state index is 11.8. The Bertz CT molecular complexity index is 242. The molecule has 0 unspecified atom stereocenters. The minimum absolute atomic E-state index is 0.188. The van der Waals surface area contributed by atoms with Crippen molar-refractivity contribution in [2.45, 2.75) is 51.7 Å². The third kappa shape index (κ3) is 3.57. The van der Waals surface area contributed by atoms with Crippen LogP contribution in [-0.2, 0) is 4.74 Å². The quantitative estimate of drug-likeness (QED) is 0.657. The lowest BCUT2D eigenvalue weighted by Gasteiger charge is -2.28. The summed E-state index contributed by atoms with van der Waals surface area (Å²) in [6.45, 7) is 10.2. The number of carbonyl (C=O) groups excluding carboxylic acids is 1. The van der Waals surface area contributed by atoms with E-state index in [9.17, 15) is 4.79 Å². The summed E-state index contributed by atoms with van der Waals surface area (Å²) in [6.07, 6.45) is 4.67. The highest BCUT2D eigenvalue weighted by Gasteiger charge is 2.31. The summed E-state index contributed by atoms with van der Waals surface area (Å²) in [4.78, 5) is 13.6. The van der Waals surface area contributed by atoms with E-state index < -0.39 is 5.60 Å². The van der Waals surface area contributed by atoms with Gasteiger partial charge in [-0.25, -0.2) is 4.79 Å². The first-order valence-electron chi connectivity index (χ1n) is 5.54. The summed E-state index contributed by atoms with van der Waals surface area (Å²) in [5, 5.41) is 0. The second kappa shape index (κ2) is 4.69. The van der Waals surface area contributed by atoms with Gasteiger partial charge in [0.25, 0.3) is 0 Å². The maximum atomic E-state index is 11.8. The highest BCUT2D eigenvalue weighted by atomic mass is 16.6. The Morgan fingerprint density at radius 2 is 2.27 bits per heavy atom. The van der Waals surface area contributed by atoms with Crippen molar-refractivity contribution in [2.24, 2.45) is 0 Å². The number of nitrogens with zero attached hydrogens (tertiary/aromatic N) is 1. The molecule has 0 spiro atoms. The molecule has 1 atom stereocenters. The summed E-state index contributed by atoms with van der Waals surface area (Å²) in [7, 11) is 0. The Morgan fingerprint density at radius 3 is 2.80 bits per heavy atom. The lowest BCUT2D eigenvalue weighted by atomic mass is 10.1. The molecule has 3 heteroatoms. The fourth-order valence-electron chi connectivity index (χ4n) is 1.83. The van der Waals surface area contributed by atoms with Crippen molar-refractivity contribution in [1.29, 1.82) is 0 Å². The number of likely N-dealkylation sites (tertiary alicyclic amines) is 1. The van der Waals surface area contributed by atoms with Gasteiger partial charge in [0.05, 0.1) is 0 Å². The first-order chi connectivity index (χ1) is 6.94. The van der Waals surface area contributed by atoms with Crippen LogP contribution in [0.15, 0.2) is 12.7 Å². The van der Waals surface area contributed by atoms with E-state index in [0.717, 1.165) is 25.8 Å². The van der Waals surface area contributed by atoms with E-state index >= 15 is 0 Å². The van der Waals surface area contributed by atoms with Gasteiger partial charge in [0.1, 0.15) is 5.60 Å². The molecule has 1 saturated heterocycles. The Labute approximate surface area is 92.1 Å². The van der Waals surface area contributed by atoms with Crippen LogP contribution in [0.3, 0.4) is 0 Å². The molecule has 0 bridgehead atoms. The molecule has 1 aliphatic rings. The molecule has 0 radical (unpaired) electrons. The van der Waals surface area contributed by atoms with Crippen molar-refractivity contribution in [3.05, 3.63) is 12.7 Å². The van der Waals surface area contributed by atoms with Crippen molar-refractivity contribution >= 4 is 6.09 Å². The number of hydrogen-bond acceptors (Lipinski definition) is 2. The molecule has 15 heavy (non-hydrogen) atoms. The van der Waals surface area contributed by atoms with E-state index in [4.69, 9.17) is 4.74 Å². The molecule has 0 N–H and O–H groups in total. The fourth-order valence-corrected chi connectivity index (χ4v) is 1.83. The predicted octanol–water partition coefficient (Wildman–Crippen LogP) is 2.96. The van der Waals surface area contributed by atoms with Gasteiger partial charge < -0.3 is 9.64 Å². The van der Waals surface area contributed by atoms with Gasteiger partial charge in [0.15, 0.2) is 0 Å². The molecule has 0 aromatic heterocycles. The summed E-state index contributed by atoms with van der Waals surface area (Å²) in [5.41, 5.74) is -0.404. The molecular weight excluding hydrogens is 190 g/mol. The van der Waals surface area contributed by atoms with Crippen molar-refractivity contribution in [3.63, 3.8) is 0 Å². The van der Waals surface area contributed by atoms with Gasteiger partial charge in [-0.2, -0.15) is 0 Å². The Kier molecular flexibility index (Phi) is 3.77. The summed E-state index contributed by atoms with van der Waals surface area (Å²) < 4.78 is 5.35. The molecule has 1 amide bonds. The molecule has 86 valence electrons. The zero-order valence-electron chi connectivity index (χ0n) is 9.95. The van der Waals surface area contributed by atoms with Crippen molar-refractivity contribution in [1.82, 2.24) is 4.90 Å². The van der Waals surface area contributed by atoms with Crippen LogP contribution in [0.5, 0.6) is 0 Å². The van der Waals surface area contributed by atoms with Gasteiger partial charge >= 0.3 is 6.09 Å². The molecule has 1 rings (SSSR count). The lowest BCUT2D eigenvalue weighted by Crippen LogP contribution is -2.39. The van der Waals surface area contributed by atoms with Crippen LogP contribution in [0.1, 0.15) is 40.0 Å². The van der Waals surface area contributed by atoms with Crippen molar-refractivity contribution < 1.29 is 9.53 Å². The van der Waals surface area contributed by atoms with Crippen molar-refractivity contribution in [3.8, 4) is 0 Å². The molecule has 0 saturated carbocycles. The maximum Gasteiger partial charge on any atom is 0.410 e. The van der Waals surface area contributed by atoms with Gasteiger partial charge in [-0.15, -0.1) is 6.58 Å². The fraction of sp³-hybridized carbons (Fsp3) is 0.750. The van der Waals surface area contributed by atoms with E-state index in [1.165, 1.54) is 0 Å². The van der Waals surface area contributed by atoms with Gasteiger partial charge in [-0.05, 0) is 40.0 Å². The molecule has 0 aromatic carbocycles. The molecule has 1 heterocycles. The lowest BCUT2D eigenvalue weighted by molar-refractivity contribution is 0.0228. The predicted molar refractivity (Wildman–Crippen MR) is 60.8 cm³/mol. The van der Waals surface area contributed by atoms with E-state index in [-0.39, 0.29) is 12.1 Å². The SMILES string of the molecule is C=CC[C@@H]1CCCN1C(=O)OC(C)(C)C. The van der Waals surface area contributed by atoms with E-state index in [0.29, 0.717) is 0 Å². The average molecular weight is 211 g/mol. The zero-order valence-corrected chi connectivity index (χ0v) is 9.95. The second-order valence-corrected chi connectivity index (χ2v) is 4.99. The second-order valence-electron chi connectivity index (χ2n) is 4.99. The minimum Gasteiger partial charge on any atom is -0.444 e. The van der Waals surface area contributed by atoms with Crippen LogP contribution in [0, 0.1) is 0 Å². The Morgan fingerprint density at radius 1 is 1.60 bits per heavy atom. The Hall–Kier alpha value is -0.990. The van der Waals surface area contributed by atoms with E-state index in [1.807, 2.05) is 31.7 Å².